The Balaban J connectivity index is 1.68. The van der Waals surface area contributed by atoms with E-state index >= 15 is 0 Å². The summed E-state index contributed by atoms with van der Waals surface area (Å²) in [4.78, 5) is 22.9. The van der Waals surface area contributed by atoms with Gasteiger partial charge in [0.15, 0.2) is 5.76 Å². The summed E-state index contributed by atoms with van der Waals surface area (Å²) in [7, 11) is 0. The first kappa shape index (κ1) is 14.8. The summed E-state index contributed by atoms with van der Waals surface area (Å²) in [5.41, 5.74) is 1.11. The number of rotatable bonds is 5. The number of hydrogen-bond donors (Lipinski definition) is 2. The van der Waals surface area contributed by atoms with Gasteiger partial charge in [0.05, 0.1) is 5.56 Å². The van der Waals surface area contributed by atoms with E-state index in [2.05, 4.69) is 27.3 Å². The Kier molecular flexibility index (Phi) is 3.78. The fourth-order valence-corrected chi connectivity index (χ4v) is 3.19. The molecule has 22 heavy (non-hydrogen) atoms. The largest absolute Gasteiger partial charge is 0.478 e. The van der Waals surface area contributed by atoms with Gasteiger partial charge in [-0.1, -0.05) is 34.1 Å². The molecule has 5 nitrogen and oxygen atoms in total. The van der Waals surface area contributed by atoms with Gasteiger partial charge < -0.3 is 14.8 Å². The number of carbonyl (C=O) groups is 2. The molecular weight excluding hydrogens is 350 g/mol. The van der Waals surface area contributed by atoms with Crippen LogP contribution in [0.3, 0.4) is 0 Å². The molecule has 1 aliphatic rings. The van der Waals surface area contributed by atoms with Gasteiger partial charge >= 0.3 is 5.97 Å². The van der Waals surface area contributed by atoms with E-state index in [0.717, 1.165) is 23.6 Å². The number of carboxylic acids is 1. The van der Waals surface area contributed by atoms with E-state index in [1.807, 2.05) is 18.2 Å². The monoisotopic (exact) mass is 363 g/mol. The van der Waals surface area contributed by atoms with Crippen LogP contribution in [0.2, 0.25) is 0 Å². The quantitative estimate of drug-likeness (QED) is 0.854. The van der Waals surface area contributed by atoms with Crippen LogP contribution in [0.15, 0.2) is 45.5 Å². The van der Waals surface area contributed by atoms with Crippen LogP contribution in [0, 0.1) is 0 Å². The second kappa shape index (κ2) is 5.61. The molecule has 1 heterocycles. The SMILES string of the molecule is O=C(O)c1coc(C(=O)NCC2(c3ccccc3Br)CC2)c1. The van der Waals surface area contributed by atoms with E-state index in [1.54, 1.807) is 0 Å². The highest BCUT2D eigenvalue weighted by Gasteiger charge is 2.45. The van der Waals surface area contributed by atoms with E-state index < -0.39 is 11.9 Å². The molecule has 2 N–H and O–H groups in total. The normalized spacial score (nSPS) is 15.3. The van der Waals surface area contributed by atoms with Gasteiger partial charge in [0.2, 0.25) is 0 Å². The summed E-state index contributed by atoms with van der Waals surface area (Å²) in [5, 5.41) is 11.7. The standard InChI is InChI=1S/C16H14BrNO4/c17-12-4-2-1-3-11(12)16(5-6-16)9-18-14(19)13-7-10(8-22-13)15(20)21/h1-4,7-8H,5-6,9H2,(H,18,19)(H,20,21). The third-order valence-electron chi connectivity index (χ3n) is 3.96. The molecule has 6 heteroatoms. The lowest BCUT2D eigenvalue weighted by Crippen LogP contribution is -2.32. The molecule has 0 bridgehead atoms. The first-order chi connectivity index (χ1) is 10.5. The Bertz CT molecular complexity index is 733. The van der Waals surface area contributed by atoms with Crippen LogP contribution in [0.5, 0.6) is 0 Å². The number of benzene rings is 1. The summed E-state index contributed by atoms with van der Waals surface area (Å²) in [6.45, 7) is 0.498. The van der Waals surface area contributed by atoms with Crippen LogP contribution in [0.25, 0.3) is 0 Å². The van der Waals surface area contributed by atoms with Crippen LogP contribution in [0.1, 0.15) is 39.3 Å². The molecule has 1 fully saturated rings. The van der Waals surface area contributed by atoms with Crippen LogP contribution in [0.4, 0.5) is 0 Å². The van der Waals surface area contributed by atoms with Gasteiger partial charge in [-0.3, -0.25) is 4.79 Å². The second-order valence-electron chi connectivity index (χ2n) is 5.45. The van der Waals surface area contributed by atoms with Crippen molar-refractivity contribution in [2.45, 2.75) is 18.3 Å². The van der Waals surface area contributed by atoms with E-state index in [1.165, 1.54) is 11.6 Å². The molecule has 0 saturated heterocycles. The van der Waals surface area contributed by atoms with E-state index in [-0.39, 0.29) is 16.7 Å². The van der Waals surface area contributed by atoms with E-state index in [0.29, 0.717) is 6.54 Å². The molecule has 3 rings (SSSR count). The van der Waals surface area contributed by atoms with Gasteiger partial charge in [-0.05, 0) is 24.5 Å². The third kappa shape index (κ3) is 2.78. The minimum Gasteiger partial charge on any atom is -0.478 e. The average molecular weight is 364 g/mol. The molecule has 0 unspecified atom stereocenters. The van der Waals surface area contributed by atoms with Gasteiger partial charge in [0.25, 0.3) is 5.91 Å². The molecule has 114 valence electrons. The summed E-state index contributed by atoms with van der Waals surface area (Å²) in [5.74, 6) is -1.50. The number of amides is 1. The zero-order valence-corrected chi connectivity index (χ0v) is 13.2. The van der Waals surface area contributed by atoms with Gasteiger partial charge in [-0.25, -0.2) is 4.79 Å². The molecule has 1 aromatic carbocycles. The van der Waals surface area contributed by atoms with Crippen molar-refractivity contribution >= 4 is 27.8 Å². The lowest BCUT2D eigenvalue weighted by Gasteiger charge is -2.17. The lowest BCUT2D eigenvalue weighted by atomic mass is 9.96. The highest BCUT2D eigenvalue weighted by molar-refractivity contribution is 9.10. The molecule has 0 radical (unpaired) electrons. The molecule has 0 aliphatic heterocycles. The van der Waals surface area contributed by atoms with Crippen molar-refractivity contribution in [1.82, 2.24) is 5.32 Å². The number of carbonyl (C=O) groups excluding carboxylic acids is 1. The van der Waals surface area contributed by atoms with Gasteiger partial charge in [0.1, 0.15) is 6.26 Å². The summed E-state index contributed by atoms with van der Waals surface area (Å²) in [6.07, 6.45) is 3.08. The smallest absolute Gasteiger partial charge is 0.338 e. The Morgan fingerprint density at radius 1 is 1.32 bits per heavy atom. The van der Waals surface area contributed by atoms with Crippen molar-refractivity contribution in [2.75, 3.05) is 6.54 Å². The fraction of sp³-hybridized carbons (Fsp3) is 0.250. The molecule has 1 aliphatic carbocycles. The van der Waals surface area contributed by atoms with Crippen LogP contribution < -0.4 is 5.32 Å². The second-order valence-corrected chi connectivity index (χ2v) is 6.30. The topological polar surface area (TPSA) is 79.5 Å². The maximum Gasteiger partial charge on any atom is 0.338 e. The molecule has 1 amide bonds. The number of carboxylic acid groups (broad SMARTS) is 1. The van der Waals surface area contributed by atoms with E-state index in [9.17, 15) is 9.59 Å². The molecule has 2 aromatic rings. The predicted octanol–water partition coefficient (Wildman–Crippen LogP) is 3.20. The minimum atomic E-state index is -1.12. The molecular formula is C16H14BrNO4. The lowest BCUT2D eigenvalue weighted by molar-refractivity contribution is 0.0696. The summed E-state index contributed by atoms with van der Waals surface area (Å²) >= 11 is 3.55. The zero-order chi connectivity index (χ0) is 15.7. The van der Waals surface area contributed by atoms with Gasteiger partial charge in [0, 0.05) is 22.5 Å². The van der Waals surface area contributed by atoms with Crippen LogP contribution in [-0.4, -0.2) is 23.5 Å². The molecule has 1 aromatic heterocycles. The minimum absolute atomic E-state index is 0.0142. The average Bonchev–Trinajstić information content (AvgIpc) is 3.10. The molecule has 1 saturated carbocycles. The first-order valence-corrected chi connectivity index (χ1v) is 7.66. The van der Waals surface area contributed by atoms with Crippen LogP contribution in [-0.2, 0) is 5.41 Å². The zero-order valence-electron chi connectivity index (χ0n) is 11.6. The van der Waals surface area contributed by atoms with E-state index in [4.69, 9.17) is 9.52 Å². The number of nitrogens with one attached hydrogen (secondary N) is 1. The number of aromatic carboxylic acids is 1. The Morgan fingerprint density at radius 3 is 2.64 bits per heavy atom. The Morgan fingerprint density at radius 2 is 2.05 bits per heavy atom. The number of furan rings is 1. The van der Waals surface area contributed by atoms with Gasteiger partial charge in [-0.15, -0.1) is 0 Å². The van der Waals surface area contributed by atoms with Gasteiger partial charge in [-0.2, -0.15) is 0 Å². The fourth-order valence-electron chi connectivity index (χ4n) is 2.49. The van der Waals surface area contributed by atoms with Crippen molar-refractivity contribution in [1.29, 1.82) is 0 Å². The molecule has 0 atom stereocenters. The highest BCUT2D eigenvalue weighted by atomic mass is 79.9. The number of hydrogen-bond acceptors (Lipinski definition) is 3. The predicted molar refractivity (Wildman–Crippen MR) is 83.1 cm³/mol. The summed E-state index contributed by atoms with van der Waals surface area (Å²) in [6, 6.07) is 9.21. The Labute approximate surface area is 135 Å². The van der Waals surface area contributed by atoms with Crippen molar-refractivity contribution in [3.8, 4) is 0 Å². The van der Waals surface area contributed by atoms with Crippen molar-refractivity contribution in [2.24, 2.45) is 0 Å². The van der Waals surface area contributed by atoms with Crippen LogP contribution >= 0.6 is 15.9 Å². The van der Waals surface area contributed by atoms with Crippen molar-refractivity contribution in [3.05, 3.63) is 58.0 Å². The van der Waals surface area contributed by atoms with Crippen molar-refractivity contribution < 1.29 is 19.1 Å². The maximum absolute atomic E-state index is 12.1. The number of halogens is 1. The first-order valence-electron chi connectivity index (χ1n) is 6.87. The van der Waals surface area contributed by atoms with Crippen molar-refractivity contribution in [3.63, 3.8) is 0 Å². The third-order valence-corrected chi connectivity index (χ3v) is 4.65. The summed E-state index contributed by atoms with van der Waals surface area (Å²) < 4.78 is 6.04. The molecule has 0 spiro atoms. The Hall–Kier alpha value is -2.08. The highest BCUT2D eigenvalue weighted by Crippen LogP contribution is 2.49. The maximum atomic E-state index is 12.1.